The Kier molecular flexibility index (Phi) is 5.19. The molecule has 0 spiro atoms. The molecule has 0 fully saturated rings. The van der Waals surface area contributed by atoms with Crippen LogP contribution in [-0.4, -0.2) is 19.7 Å². The van der Waals surface area contributed by atoms with Gasteiger partial charge in [0.05, 0.1) is 19.7 Å². The summed E-state index contributed by atoms with van der Waals surface area (Å²) in [6.45, 7) is 10.6. The second-order valence-electron chi connectivity index (χ2n) is 3.67. The molecule has 2 heteroatoms. The van der Waals surface area contributed by atoms with Gasteiger partial charge in [-0.05, 0) is 32.9 Å². The van der Waals surface area contributed by atoms with Crippen molar-refractivity contribution >= 4 is 0 Å². The van der Waals surface area contributed by atoms with E-state index in [1.54, 1.807) is 4.90 Å². The minimum absolute atomic E-state index is 0.741. The molecule has 0 saturated heterocycles. The molecule has 0 aromatic heterocycles. The molecule has 0 heterocycles. The molecule has 0 aliphatic rings. The Morgan fingerprint density at radius 1 is 1.07 bits per heavy atom. The highest BCUT2D eigenvalue weighted by Crippen LogP contribution is 2.16. The van der Waals surface area contributed by atoms with Gasteiger partial charge in [0.15, 0.2) is 0 Å². The van der Waals surface area contributed by atoms with Gasteiger partial charge in [0.25, 0.3) is 0 Å². The van der Waals surface area contributed by atoms with Crippen LogP contribution in [0.4, 0.5) is 0 Å². The molecule has 0 radical (unpaired) electrons. The normalized spacial score (nSPS) is 10.7. The van der Waals surface area contributed by atoms with Crippen LogP contribution in [0, 0.1) is 0 Å². The first-order valence-corrected chi connectivity index (χ1v) is 5.86. The Bertz CT molecular complexity index is 282. The molecule has 1 aromatic rings. The van der Waals surface area contributed by atoms with Crippen molar-refractivity contribution in [1.82, 2.24) is 0 Å². The second kappa shape index (κ2) is 6.46. The van der Waals surface area contributed by atoms with Gasteiger partial charge in [-0.25, -0.2) is 0 Å². The van der Waals surface area contributed by atoms with E-state index in [0.717, 1.165) is 32.0 Å². The van der Waals surface area contributed by atoms with E-state index in [1.807, 2.05) is 13.0 Å². The lowest BCUT2D eigenvalue weighted by Crippen LogP contribution is -3.10. The van der Waals surface area contributed by atoms with E-state index in [9.17, 15) is 0 Å². The summed E-state index contributed by atoms with van der Waals surface area (Å²) in [5.41, 5.74) is 1.32. The van der Waals surface area contributed by atoms with Crippen LogP contribution >= 0.6 is 0 Å². The fourth-order valence-electron chi connectivity index (χ4n) is 1.72. The van der Waals surface area contributed by atoms with Gasteiger partial charge in [0.2, 0.25) is 0 Å². The summed E-state index contributed by atoms with van der Waals surface area (Å²) >= 11 is 0. The average molecular weight is 208 g/mol. The van der Waals surface area contributed by atoms with Crippen LogP contribution in [0.15, 0.2) is 24.3 Å². The highest BCUT2D eigenvalue weighted by atomic mass is 16.5. The summed E-state index contributed by atoms with van der Waals surface area (Å²) < 4.78 is 5.61. The zero-order valence-electron chi connectivity index (χ0n) is 10.0. The zero-order valence-corrected chi connectivity index (χ0v) is 10.0. The van der Waals surface area contributed by atoms with Gasteiger partial charge in [0.1, 0.15) is 12.3 Å². The van der Waals surface area contributed by atoms with Crippen LogP contribution in [0.1, 0.15) is 26.3 Å². The molecule has 0 amide bonds. The third-order valence-electron chi connectivity index (χ3n) is 2.71. The molecule has 1 N–H and O–H groups in total. The second-order valence-corrected chi connectivity index (χ2v) is 3.67. The van der Waals surface area contributed by atoms with Crippen LogP contribution < -0.4 is 9.64 Å². The molecular weight excluding hydrogens is 186 g/mol. The maximum absolute atomic E-state index is 5.61. The van der Waals surface area contributed by atoms with Gasteiger partial charge in [-0.3, -0.25) is 0 Å². The predicted octanol–water partition coefficient (Wildman–Crippen LogP) is 1.51. The summed E-state index contributed by atoms with van der Waals surface area (Å²) in [6, 6.07) is 8.34. The van der Waals surface area contributed by atoms with E-state index in [2.05, 4.69) is 32.0 Å². The topological polar surface area (TPSA) is 13.7 Å². The van der Waals surface area contributed by atoms with Crippen molar-refractivity contribution in [3.05, 3.63) is 29.8 Å². The monoisotopic (exact) mass is 208 g/mol. The third kappa shape index (κ3) is 3.56. The molecule has 0 aliphatic heterocycles. The van der Waals surface area contributed by atoms with Gasteiger partial charge in [-0.2, -0.15) is 0 Å². The van der Waals surface area contributed by atoms with Crippen molar-refractivity contribution < 1.29 is 9.64 Å². The third-order valence-corrected chi connectivity index (χ3v) is 2.71. The molecule has 0 aliphatic carbocycles. The van der Waals surface area contributed by atoms with Crippen LogP contribution in [0.5, 0.6) is 5.75 Å². The molecule has 0 atom stereocenters. The van der Waals surface area contributed by atoms with E-state index in [0.29, 0.717) is 0 Å². The molecule has 0 saturated carbocycles. The Morgan fingerprint density at radius 2 is 1.73 bits per heavy atom. The Balaban J connectivity index is 2.73. The summed E-state index contributed by atoms with van der Waals surface area (Å²) in [6.07, 6.45) is 0. The number of benzene rings is 1. The van der Waals surface area contributed by atoms with Gasteiger partial charge in [-0.15, -0.1) is 0 Å². The van der Waals surface area contributed by atoms with Gasteiger partial charge in [-0.1, -0.05) is 12.1 Å². The van der Waals surface area contributed by atoms with Crippen LogP contribution in [0.3, 0.4) is 0 Å². The van der Waals surface area contributed by atoms with Crippen molar-refractivity contribution in [2.45, 2.75) is 27.3 Å². The Morgan fingerprint density at radius 3 is 2.33 bits per heavy atom. The largest absolute Gasteiger partial charge is 0.493 e. The zero-order chi connectivity index (χ0) is 11.1. The molecule has 2 nitrogen and oxygen atoms in total. The Hall–Kier alpha value is -1.02. The number of quaternary nitrogens is 1. The first-order chi connectivity index (χ1) is 7.31. The fourth-order valence-corrected chi connectivity index (χ4v) is 1.72. The standard InChI is InChI=1S/C13H21NO/c1-4-14(5-2)11-12-9-7-8-10-13(12)15-6-3/h7-10H,4-6,11H2,1-3H3/p+1. The van der Waals surface area contributed by atoms with E-state index < -0.39 is 0 Å². The lowest BCUT2D eigenvalue weighted by Gasteiger charge is -2.17. The SMILES string of the molecule is CCOc1ccccc1C[NH+](CC)CC. The molecule has 1 aromatic carbocycles. The molecule has 15 heavy (non-hydrogen) atoms. The van der Waals surface area contributed by atoms with E-state index in [1.165, 1.54) is 5.56 Å². The fraction of sp³-hybridized carbons (Fsp3) is 0.538. The maximum atomic E-state index is 5.61. The van der Waals surface area contributed by atoms with Crippen molar-refractivity contribution in [2.24, 2.45) is 0 Å². The number of para-hydroxylation sites is 1. The summed E-state index contributed by atoms with van der Waals surface area (Å²) in [7, 11) is 0. The van der Waals surface area contributed by atoms with Crippen molar-refractivity contribution in [3.63, 3.8) is 0 Å². The van der Waals surface area contributed by atoms with Gasteiger partial charge < -0.3 is 9.64 Å². The first kappa shape index (κ1) is 12.1. The number of nitrogens with one attached hydrogen (secondary N) is 1. The minimum Gasteiger partial charge on any atom is -0.493 e. The van der Waals surface area contributed by atoms with Crippen LogP contribution in [0.25, 0.3) is 0 Å². The highest BCUT2D eigenvalue weighted by molar-refractivity contribution is 5.32. The van der Waals surface area contributed by atoms with Crippen LogP contribution in [0.2, 0.25) is 0 Å². The molecule has 1 rings (SSSR count). The Labute approximate surface area is 92.9 Å². The number of rotatable bonds is 6. The smallest absolute Gasteiger partial charge is 0.128 e. The highest BCUT2D eigenvalue weighted by Gasteiger charge is 2.08. The number of hydrogen-bond donors (Lipinski definition) is 1. The summed E-state index contributed by atoms with van der Waals surface area (Å²) in [5, 5.41) is 0. The van der Waals surface area contributed by atoms with Crippen LogP contribution in [-0.2, 0) is 6.54 Å². The number of ether oxygens (including phenoxy) is 1. The van der Waals surface area contributed by atoms with E-state index in [-0.39, 0.29) is 0 Å². The van der Waals surface area contributed by atoms with E-state index >= 15 is 0 Å². The predicted molar refractivity (Wildman–Crippen MR) is 63.4 cm³/mol. The first-order valence-electron chi connectivity index (χ1n) is 5.86. The molecular formula is C13H22NO+. The molecule has 0 unspecified atom stereocenters. The quantitative estimate of drug-likeness (QED) is 0.748. The molecule has 84 valence electrons. The number of hydrogen-bond acceptors (Lipinski definition) is 1. The maximum Gasteiger partial charge on any atom is 0.128 e. The van der Waals surface area contributed by atoms with E-state index in [4.69, 9.17) is 4.74 Å². The van der Waals surface area contributed by atoms with Crippen molar-refractivity contribution in [3.8, 4) is 5.75 Å². The van der Waals surface area contributed by atoms with Crippen molar-refractivity contribution in [1.29, 1.82) is 0 Å². The minimum atomic E-state index is 0.741. The lowest BCUT2D eigenvalue weighted by atomic mass is 10.2. The van der Waals surface area contributed by atoms with Crippen molar-refractivity contribution in [2.75, 3.05) is 19.7 Å². The lowest BCUT2D eigenvalue weighted by molar-refractivity contribution is -0.910. The van der Waals surface area contributed by atoms with Gasteiger partial charge >= 0.3 is 0 Å². The summed E-state index contributed by atoms with van der Waals surface area (Å²) in [5.74, 6) is 1.04. The molecule has 0 bridgehead atoms. The van der Waals surface area contributed by atoms with Gasteiger partial charge in [0, 0.05) is 5.56 Å². The average Bonchev–Trinajstić information content (AvgIpc) is 2.28. The summed E-state index contributed by atoms with van der Waals surface area (Å²) in [4.78, 5) is 1.59.